The summed E-state index contributed by atoms with van der Waals surface area (Å²) < 4.78 is 5.58. The van der Waals surface area contributed by atoms with Gasteiger partial charge < -0.3 is 20.5 Å². The van der Waals surface area contributed by atoms with Crippen LogP contribution in [-0.4, -0.2) is 41.8 Å². The molecule has 0 bridgehead atoms. The first kappa shape index (κ1) is 21.5. The first-order valence-corrected chi connectivity index (χ1v) is 11.6. The minimum Gasteiger partial charge on any atom is -0.481 e. The third-order valence-electron chi connectivity index (χ3n) is 7.30. The average Bonchev–Trinajstić information content (AvgIpc) is 3.37. The summed E-state index contributed by atoms with van der Waals surface area (Å²) >= 11 is 0. The molecule has 2 unspecified atom stereocenters. The van der Waals surface area contributed by atoms with Gasteiger partial charge in [0, 0.05) is 23.9 Å². The molecule has 3 aliphatic rings. The van der Waals surface area contributed by atoms with Crippen molar-refractivity contribution in [3.05, 3.63) is 59.7 Å². The SMILES string of the molecule is O=C(NC1CC(C(=O)NC2CCC(C(=O)O)C2)C1)OCC1c2ccccc2-c2ccccc21. The fourth-order valence-electron chi connectivity index (χ4n) is 5.41. The number of carbonyl (C=O) groups is 3. The van der Waals surface area contributed by atoms with Gasteiger partial charge in [0.1, 0.15) is 6.61 Å². The summed E-state index contributed by atoms with van der Waals surface area (Å²) in [6.07, 6.45) is 2.50. The molecule has 7 heteroatoms. The molecule has 2 amide bonds. The molecule has 33 heavy (non-hydrogen) atoms. The largest absolute Gasteiger partial charge is 0.481 e. The Hall–Kier alpha value is -3.35. The molecule has 5 rings (SSSR count). The van der Waals surface area contributed by atoms with Crippen LogP contribution in [-0.2, 0) is 14.3 Å². The van der Waals surface area contributed by atoms with Crippen molar-refractivity contribution in [1.82, 2.24) is 10.6 Å². The Kier molecular flexibility index (Phi) is 5.79. The Bertz CT molecular complexity index is 1030. The molecule has 0 saturated heterocycles. The van der Waals surface area contributed by atoms with E-state index in [-0.39, 0.29) is 42.4 Å². The second kappa shape index (κ2) is 8.89. The fourth-order valence-corrected chi connectivity index (χ4v) is 5.41. The highest BCUT2D eigenvalue weighted by Gasteiger charge is 2.38. The van der Waals surface area contributed by atoms with Crippen molar-refractivity contribution in [1.29, 1.82) is 0 Å². The summed E-state index contributed by atoms with van der Waals surface area (Å²) in [6, 6.07) is 16.3. The molecule has 2 saturated carbocycles. The van der Waals surface area contributed by atoms with Gasteiger partial charge in [-0.1, -0.05) is 48.5 Å². The van der Waals surface area contributed by atoms with Crippen LogP contribution in [0.25, 0.3) is 11.1 Å². The molecular formula is C26H28N2O5. The summed E-state index contributed by atoms with van der Waals surface area (Å²) in [5, 5.41) is 14.9. The van der Waals surface area contributed by atoms with Crippen molar-refractivity contribution >= 4 is 18.0 Å². The summed E-state index contributed by atoms with van der Waals surface area (Å²) in [7, 11) is 0. The van der Waals surface area contributed by atoms with Crippen LogP contribution in [0.4, 0.5) is 4.79 Å². The first-order valence-electron chi connectivity index (χ1n) is 11.6. The summed E-state index contributed by atoms with van der Waals surface area (Å²) in [5.74, 6) is -1.32. The topological polar surface area (TPSA) is 105 Å². The third-order valence-corrected chi connectivity index (χ3v) is 7.30. The lowest BCUT2D eigenvalue weighted by atomic mass is 9.79. The van der Waals surface area contributed by atoms with Crippen LogP contribution in [0, 0.1) is 11.8 Å². The number of alkyl carbamates (subject to hydrolysis) is 1. The van der Waals surface area contributed by atoms with E-state index in [1.54, 1.807) is 0 Å². The maximum absolute atomic E-state index is 12.4. The predicted molar refractivity (Wildman–Crippen MR) is 122 cm³/mol. The highest BCUT2D eigenvalue weighted by Crippen LogP contribution is 2.44. The number of ether oxygens (including phenoxy) is 1. The van der Waals surface area contributed by atoms with Gasteiger partial charge in [0.05, 0.1) is 5.92 Å². The van der Waals surface area contributed by atoms with Crippen LogP contribution in [0.2, 0.25) is 0 Å². The maximum atomic E-state index is 12.4. The number of rotatable bonds is 6. The Labute approximate surface area is 192 Å². The van der Waals surface area contributed by atoms with Gasteiger partial charge in [-0.2, -0.15) is 0 Å². The van der Waals surface area contributed by atoms with E-state index in [2.05, 4.69) is 34.9 Å². The monoisotopic (exact) mass is 448 g/mol. The molecule has 3 N–H and O–H groups in total. The van der Waals surface area contributed by atoms with Crippen molar-refractivity contribution < 1.29 is 24.2 Å². The Morgan fingerprint density at radius 3 is 2.03 bits per heavy atom. The number of carboxylic acid groups (broad SMARTS) is 1. The summed E-state index contributed by atoms with van der Waals surface area (Å²) in [6.45, 7) is 0.267. The highest BCUT2D eigenvalue weighted by molar-refractivity contribution is 5.81. The number of hydrogen-bond donors (Lipinski definition) is 3. The second-order valence-electron chi connectivity index (χ2n) is 9.39. The van der Waals surface area contributed by atoms with Gasteiger partial charge in [-0.25, -0.2) is 4.79 Å². The van der Waals surface area contributed by atoms with Gasteiger partial charge in [-0.05, 0) is 54.4 Å². The van der Waals surface area contributed by atoms with Gasteiger partial charge in [0.15, 0.2) is 0 Å². The lowest BCUT2D eigenvalue weighted by Gasteiger charge is -2.35. The highest BCUT2D eigenvalue weighted by atomic mass is 16.5. The molecule has 0 aromatic heterocycles. The number of carboxylic acids is 1. The van der Waals surface area contributed by atoms with Crippen LogP contribution >= 0.6 is 0 Å². The maximum Gasteiger partial charge on any atom is 0.407 e. The van der Waals surface area contributed by atoms with Crippen molar-refractivity contribution in [2.75, 3.05) is 6.61 Å². The molecule has 0 radical (unpaired) electrons. The van der Waals surface area contributed by atoms with Gasteiger partial charge >= 0.3 is 12.1 Å². The molecule has 2 aromatic rings. The summed E-state index contributed by atoms with van der Waals surface area (Å²) in [4.78, 5) is 35.9. The fraction of sp³-hybridized carbons (Fsp3) is 0.423. The molecule has 3 aliphatic carbocycles. The zero-order chi connectivity index (χ0) is 22.9. The van der Waals surface area contributed by atoms with E-state index in [4.69, 9.17) is 9.84 Å². The summed E-state index contributed by atoms with van der Waals surface area (Å²) in [5.41, 5.74) is 4.71. The van der Waals surface area contributed by atoms with E-state index < -0.39 is 12.1 Å². The van der Waals surface area contributed by atoms with Crippen LogP contribution < -0.4 is 10.6 Å². The Morgan fingerprint density at radius 2 is 1.42 bits per heavy atom. The van der Waals surface area contributed by atoms with Gasteiger partial charge in [0.25, 0.3) is 0 Å². The standard InChI is InChI=1S/C26H28N2O5/c29-24(27-17-10-9-15(11-17)25(30)31)16-12-18(13-16)28-26(32)33-14-23-21-7-3-1-5-19(21)20-6-2-4-8-22(20)23/h1-8,15-18,23H,9-14H2,(H,27,29)(H,28,32)(H,30,31). The van der Waals surface area contributed by atoms with E-state index >= 15 is 0 Å². The van der Waals surface area contributed by atoms with E-state index in [9.17, 15) is 14.4 Å². The minimum absolute atomic E-state index is 0.0177. The van der Waals surface area contributed by atoms with Gasteiger partial charge in [0.2, 0.25) is 5.91 Å². The quantitative estimate of drug-likeness (QED) is 0.625. The van der Waals surface area contributed by atoms with E-state index in [0.717, 1.165) is 0 Å². The number of amides is 2. The first-order chi connectivity index (χ1) is 16.0. The van der Waals surface area contributed by atoms with E-state index in [1.165, 1.54) is 22.3 Å². The molecule has 2 atom stereocenters. The van der Waals surface area contributed by atoms with Gasteiger partial charge in [-0.3, -0.25) is 9.59 Å². The Balaban J connectivity index is 1.08. The number of fused-ring (bicyclic) bond motifs is 3. The Morgan fingerprint density at radius 1 is 0.818 bits per heavy atom. The average molecular weight is 449 g/mol. The second-order valence-corrected chi connectivity index (χ2v) is 9.39. The molecule has 2 fully saturated rings. The van der Waals surface area contributed by atoms with Crippen LogP contribution in [0.15, 0.2) is 48.5 Å². The molecule has 0 spiro atoms. The van der Waals surface area contributed by atoms with Crippen molar-refractivity contribution in [2.24, 2.45) is 11.8 Å². The number of aliphatic carboxylic acids is 1. The molecule has 2 aromatic carbocycles. The predicted octanol–water partition coefficient (Wildman–Crippen LogP) is 3.67. The minimum atomic E-state index is -0.789. The van der Waals surface area contributed by atoms with Crippen LogP contribution in [0.3, 0.4) is 0 Å². The molecule has 7 nitrogen and oxygen atoms in total. The third kappa shape index (κ3) is 4.32. The molecule has 172 valence electrons. The van der Waals surface area contributed by atoms with Crippen LogP contribution in [0.1, 0.15) is 49.1 Å². The smallest absolute Gasteiger partial charge is 0.407 e. The molecule has 0 heterocycles. The van der Waals surface area contributed by atoms with Crippen molar-refractivity contribution in [3.63, 3.8) is 0 Å². The van der Waals surface area contributed by atoms with Crippen molar-refractivity contribution in [3.8, 4) is 11.1 Å². The number of nitrogens with one attached hydrogen (secondary N) is 2. The normalized spacial score (nSPS) is 25.5. The lowest BCUT2D eigenvalue weighted by molar-refractivity contribution is -0.141. The zero-order valence-corrected chi connectivity index (χ0v) is 18.3. The zero-order valence-electron chi connectivity index (χ0n) is 18.3. The van der Waals surface area contributed by atoms with Crippen LogP contribution in [0.5, 0.6) is 0 Å². The van der Waals surface area contributed by atoms with Crippen molar-refractivity contribution in [2.45, 2.75) is 50.1 Å². The molecule has 0 aliphatic heterocycles. The lowest BCUT2D eigenvalue weighted by Crippen LogP contribution is -2.51. The van der Waals surface area contributed by atoms with E-state index in [0.29, 0.717) is 32.1 Å². The van der Waals surface area contributed by atoms with Gasteiger partial charge in [-0.15, -0.1) is 0 Å². The number of hydrogen-bond acceptors (Lipinski definition) is 4. The number of benzene rings is 2. The van der Waals surface area contributed by atoms with E-state index in [1.807, 2.05) is 24.3 Å². The molecular weight excluding hydrogens is 420 g/mol. The number of carbonyl (C=O) groups excluding carboxylic acids is 2.